The number of amides is 1. The largest absolute Gasteiger partial charge is 0.464 e. The van der Waals surface area contributed by atoms with Gasteiger partial charge in [-0.3, -0.25) is 14.6 Å². The Morgan fingerprint density at radius 1 is 1.23 bits per heavy atom. The first-order valence-electron chi connectivity index (χ1n) is 6.64. The monoisotopic (exact) mass is 305 g/mol. The third kappa shape index (κ3) is 5.08. The lowest BCUT2D eigenvalue weighted by molar-refractivity contribution is -0.134. The van der Waals surface area contributed by atoms with Gasteiger partial charge < -0.3 is 4.74 Å². The maximum absolute atomic E-state index is 12.0. The van der Waals surface area contributed by atoms with E-state index in [2.05, 4.69) is 20.2 Å². The summed E-state index contributed by atoms with van der Waals surface area (Å²) < 4.78 is 4.58. The zero-order valence-electron chi connectivity index (χ0n) is 13.0. The van der Waals surface area contributed by atoms with Gasteiger partial charge in [0, 0.05) is 23.4 Å². The van der Waals surface area contributed by atoms with Gasteiger partial charge in [0.1, 0.15) is 5.78 Å². The number of methoxy groups -OCH3 is 1. The fourth-order valence-corrected chi connectivity index (χ4v) is 1.38. The van der Waals surface area contributed by atoms with Crippen molar-refractivity contribution in [2.45, 2.75) is 27.2 Å². The molecule has 1 heterocycles. The molecule has 1 rings (SSSR count). The van der Waals surface area contributed by atoms with E-state index in [9.17, 15) is 14.4 Å². The number of carbonyl (C=O) groups is 3. The minimum absolute atomic E-state index is 0.148. The van der Waals surface area contributed by atoms with Crippen molar-refractivity contribution in [3.05, 3.63) is 30.1 Å². The van der Waals surface area contributed by atoms with Crippen LogP contribution >= 0.6 is 0 Å². The van der Waals surface area contributed by atoms with E-state index in [-0.39, 0.29) is 17.9 Å². The molecule has 7 nitrogen and oxygen atoms in total. The maximum atomic E-state index is 12.0. The fourth-order valence-electron chi connectivity index (χ4n) is 1.38. The molecule has 0 aliphatic heterocycles. The molecule has 0 fully saturated rings. The minimum atomic E-state index is -0.757. The second kappa shape index (κ2) is 7.44. The Morgan fingerprint density at radius 3 is 2.32 bits per heavy atom. The number of esters is 1. The molecule has 1 amide bonds. The van der Waals surface area contributed by atoms with Gasteiger partial charge in [-0.15, -0.1) is 0 Å². The number of hydrogen-bond acceptors (Lipinski definition) is 6. The van der Waals surface area contributed by atoms with E-state index in [0.29, 0.717) is 5.56 Å². The molecule has 0 bridgehead atoms. The number of pyridine rings is 1. The van der Waals surface area contributed by atoms with Crippen LogP contribution in [0.3, 0.4) is 0 Å². The van der Waals surface area contributed by atoms with Crippen molar-refractivity contribution >= 4 is 23.4 Å². The number of nitrogens with zero attached hydrogens (tertiary/aromatic N) is 2. The molecule has 0 aliphatic rings. The normalized spacial score (nSPS) is 11.7. The van der Waals surface area contributed by atoms with Gasteiger partial charge in [0.15, 0.2) is 5.71 Å². The van der Waals surface area contributed by atoms with E-state index in [1.807, 2.05) is 0 Å². The zero-order chi connectivity index (χ0) is 16.8. The second-order valence-corrected chi connectivity index (χ2v) is 5.58. The smallest absolute Gasteiger partial charge is 0.354 e. The number of nitrogens with one attached hydrogen (secondary N) is 1. The highest BCUT2D eigenvalue weighted by atomic mass is 16.5. The highest BCUT2D eigenvalue weighted by Crippen LogP contribution is 2.17. The SMILES string of the molecule is COC(=O)/C(CC(=O)C(C)(C)C)=N\NC(=O)c1ccncc1. The van der Waals surface area contributed by atoms with Gasteiger partial charge in [0.2, 0.25) is 0 Å². The lowest BCUT2D eigenvalue weighted by Crippen LogP contribution is -2.30. The van der Waals surface area contributed by atoms with Crippen LogP contribution in [0.1, 0.15) is 37.6 Å². The molecular weight excluding hydrogens is 286 g/mol. The van der Waals surface area contributed by atoms with Crippen LogP contribution in [0.5, 0.6) is 0 Å². The summed E-state index contributed by atoms with van der Waals surface area (Å²) in [4.78, 5) is 39.3. The van der Waals surface area contributed by atoms with E-state index < -0.39 is 17.3 Å². The summed E-state index contributed by atoms with van der Waals surface area (Å²) in [6.45, 7) is 5.21. The number of ketones is 1. The highest BCUT2D eigenvalue weighted by molar-refractivity contribution is 6.40. The Hall–Kier alpha value is -2.57. The van der Waals surface area contributed by atoms with E-state index in [0.717, 1.165) is 0 Å². The molecule has 0 saturated carbocycles. The summed E-state index contributed by atoms with van der Waals surface area (Å²) >= 11 is 0. The summed E-state index contributed by atoms with van der Waals surface area (Å²) in [6, 6.07) is 3.01. The van der Waals surface area contributed by atoms with Gasteiger partial charge in [0.05, 0.1) is 13.5 Å². The van der Waals surface area contributed by atoms with Crippen LogP contribution in [0.15, 0.2) is 29.6 Å². The first-order chi connectivity index (χ1) is 10.3. The van der Waals surface area contributed by atoms with Gasteiger partial charge in [-0.05, 0) is 12.1 Å². The average molecular weight is 305 g/mol. The van der Waals surface area contributed by atoms with Crippen molar-refractivity contribution in [1.82, 2.24) is 10.4 Å². The molecule has 0 aromatic carbocycles. The molecule has 1 aromatic rings. The number of ether oxygens (including phenoxy) is 1. The average Bonchev–Trinajstić information content (AvgIpc) is 2.49. The number of Topliss-reactive ketones (excluding diaryl/α,β-unsaturated/α-hetero) is 1. The molecule has 0 saturated heterocycles. The zero-order valence-corrected chi connectivity index (χ0v) is 13.0. The van der Waals surface area contributed by atoms with Crippen molar-refractivity contribution < 1.29 is 19.1 Å². The number of rotatable bonds is 5. The van der Waals surface area contributed by atoms with Crippen LogP contribution in [-0.2, 0) is 14.3 Å². The van der Waals surface area contributed by atoms with Crippen LogP contribution in [0.4, 0.5) is 0 Å². The second-order valence-electron chi connectivity index (χ2n) is 5.58. The summed E-state index contributed by atoms with van der Waals surface area (Å²) in [6.07, 6.45) is 2.71. The molecular formula is C15H19N3O4. The van der Waals surface area contributed by atoms with Gasteiger partial charge in [-0.25, -0.2) is 10.2 Å². The van der Waals surface area contributed by atoms with Crippen LogP contribution in [-0.4, -0.2) is 35.5 Å². The highest BCUT2D eigenvalue weighted by Gasteiger charge is 2.26. The van der Waals surface area contributed by atoms with Crippen molar-refractivity contribution in [3.8, 4) is 0 Å². The van der Waals surface area contributed by atoms with Crippen molar-refractivity contribution in [2.75, 3.05) is 7.11 Å². The quantitative estimate of drug-likeness (QED) is 0.503. The fraction of sp³-hybridized carbons (Fsp3) is 0.400. The topological polar surface area (TPSA) is 97.7 Å². The summed E-state index contributed by atoms with van der Waals surface area (Å²) in [7, 11) is 1.18. The molecule has 22 heavy (non-hydrogen) atoms. The number of carbonyl (C=O) groups excluding carboxylic acids is 3. The summed E-state index contributed by atoms with van der Waals surface area (Å²) in [5, 5.41) is 3.73. The van der Waals surface area contributed by atoms with Crippen molar-refractivity contribution in [1.29, 1.82) is 0 Å². The Balaban J connectivity index is 2.86. The maximum Gasteiger partial charge on any atom is 0.354 e. The molecule has 0 atom stereocenters. The molecule has 7 heteroatoms. The van der Waals surface area contributed by atoms with Gasteiger partial charge in [0.25, 0.3) is 5.91 Å². The Labute approximate surface area is 128 Å². The van der Waals surface area contributed by atoms with Crippen LogP contribution in [0.25, 0.3) is 0 Å². The predicted octanol–water partition coefficient (Wildman–Crippen LogP) is 1.35. The Bertz CT molecular complexity index is 589. The van der Waals surface area contributed by atoms with Gasteiger partial charge in [-0.1, -0.05) is 20.8 Å². The third-order valence-electron chi connectivity index (χ3n) is 2.82. The lowest BCUT2D eigenvalue weighted by atomic mass is 9.88. The van der Waals surface area contributed by atoms with Crippen molar-refractivity contribution in [3.63, 3.8) is 0 Å². The number of hydrazone groups is 1. The van der Waals surface area contributed by atoms with E-state index in [1.54, 1.807) is 20.8 Å². The first kappa shape index (κ1) is 17.5. The minimum Gasteiger partial charge on any atom is -0.464 e. The predicted molar refractivity (Wildman–Crippen MR) is 80.2 cm³/mol. The Morgan fingerprint density at radius 2 is 1.82 bits per heavy atom. The molecule has 118 valence electrons. The lowest BCUT2D eigenvalue weighted by Gasteiger charge is -2.16. The molecule has 0 aliphatic carbocycles. The van der Waals surface area contributed by atoms with E-state index >= 15 is 0 Å². The molecule has 1 aromatic heterocycles. The standard InChI is InChI=1S/C15H19N3O4/c1-15(2,3)12(19)9-11(14(21)22-4)17-18-13(20)10-5-7-16-8-6-10/h5-8H,9H2,1-4H3,(H,18,20)/b17-11-. The number of aromatic nitrogens is 1. The van der Waals surface area contributed by atoms with E-state index in [1.165, 1.54) is 31.6 Å². The van der Waals surface area contributed by atoms with Crippen LogP contribution < -0.4 is 5.43 Å². The number of hydrogen-bond donors (Lipinski definition) is 1. The van der Waals surface area contributed by atoms with E-state index in [4.69, 9.17) is 0 Å². The van der Waals surface area contributed by atoms with Crippen LogP contribution in [0.2, 0.25) is 0 Å². The van der Waals surface area contributed by atoms with Gasteiger partial charge >= 0.3 is 5.97 Å². The molecule has 1 N–H and O–H groups in total. The summed E-state index contributed by atoms with van der Waals surface area (Å²) in [5.41, 5.74) is 1.81. The van der Waals surface area contributed by atoms with Crippen LogP contribution in [0, 0.1) is 5.41 Å². The first-order valence-corrected chi connectivity index (χ1v) is 6.64. The molecule has 0 spiro atoms. The molecule has 0 radical (unpaired) electrons. The Kier molecular flexibility index (Phi) is 5.91. The molecule has 0 unspecified atom stereocenters. The summed E-state index contributed by atoms with van der Waals surface area (Å²) in [5.74, 6) is -1.45. The van der Waals surface area contributed by atoms with Gasteiger partial charge in [-0.2, -0.15) is 5.10 Å². The third-order valence-corrected chi connectivity index (χ3v) is 2.82. The van der Waals surface area contributed by atoms with Crippen molar-refractivity contribution in [2.24, 2.45) is 10.5 Å².